The van der Waals surface area contributed by atoms with E-state index in [1.54, 1.807) is 0 Å². The quantitative estimate of drug-likeness (QED) is 0.873. The van der Waals surface area contributed by atoms with Gasteiger partial charge in [0.2, 0.25) is 11.7 Å². The fourth-order valence-corrected chi connectivity index (χ4v) is 2.39. The monoisotopic (exact) mass is 233 g/mol. The number of nitrogens with zero attached hydrogens (tertiary/aromatic N) is 4. The average molecular weight is 233 g/mol. The molecule has 90 valence electrons. The molecular formula is C11H15N5O. The van der Waals surface area contributed by atoms with Crippen molar-refractivity contribution in [1.29, 1.82) is 0 Å². The van der Waals surface area contributed by atoms with Crippen molar-refractivity contribution < 1.29 is 4.52 Å². The molecule has 3 rings (SSSR count). The van der Waals surface area contributed by atoms with Crippen LogP contribution < -0.4 is 0 Å². The highest BCUT2D eigenvalue weighted by Gasteiger charge is 2.17. The molecule has 0 unspecified atom stereocenters. The maximum absolute atomic E-state index is 5.20. The fraction of sp³-hybridized carbons (Fsp3) is 0.636. The second kappa shape index (κ2) is 4.65. The molecule has 0 aliphatic heterocycles. The van der Waals surface area contributed by atoms with Gasteiger partial charge in [0.05, 0.1) is 0 Å². The molecule has 2 aromatic heterocycles. The van der Waals surface area contributed by atoms with Gasteiger partial charge in [0.1, 0.15) is 6.33 Å². The van der Waals surface area contributed by atoms with E-state index in [0.717, 1.165) is 18.8 Å². The van der Waals surface area contributed by atoms with Gasteiger partial charge in [-0.2, -0.15) is 10.1 Å². The number of aromatic amines is 1. The predicted octanol–water partition coefficient (Wildman–Crippen LogP) is 1.98. The highest BCUT2D eigenvalue weighted by Crippen LogP contribution is 2.28. The standard InChI is InChI=1S/C11H15N5O/c1-2-4-8(3-1)5-6-9-14-11(16-17-9)10-12-7-13-15-10/h7-8H,1-6H2,(H,12,13,15). The van der Waals surface area contributed by atoms with E-state index in [1.807, 2.05) is 0 Å². The zero-order valence-electron chi connectivity index (χ0n) is 9.59. The molecule has 1 fully saturated rings. The number of rotatable bonds is 4. The van der Waals surface area contributed by atoms with Gasteiger partial charge in [-0.05, 0) is 12.3 Å². The van der Waals surface area contributed by atoms with Crippen LogP contribution in [-0.4, -0.2) is 25.3 Å². The summed E-state index contributed by atoms with van der Waals surface area (Å²) in [6.45, 7) is 0. The fourth-order valence-electron chi connectivity index (χ4n) is 2.39. The maximum Gasteiger partial charge on any atom is 0.239 e. The Bertz CT molecular complexity index is 458. The minimum absolute atomic E-state index is 0.490. The Labute approximate surface area is 98.8 Å². The molecule has 0 bridgehead atoms. The third kappa shape index (κ3) is 2.35. The third-order valence-corrected chi connectivity index (χ3v) is 3.34. The van der Waals surface area contributed by atoms with Gasteiger partial charge in [0.15, 0.2) is 5.82 Å². The van der Waals surface area contributed by atoms with Crippen LogP contribution in [0.2, 0.25) is 0 Å². The second-order valence-electron chi connectivity index (χ2n) is 4.53. The molecule has 0 atom stereocenters. The van der Waals surface area contributed by atoms with Crippen LogP contribution in [0.4, 0.5) is 0 Å². The summed E-state index contributed by atoms with van der Waals surface area (Å²) in [5.41, 5.74) is 0. The van der Waals surface area contributed by atoms with Gasteiger partial charge in [-0.1, -0.05) is 30.8 Å². The summed E-state index contributed by atoms with van der Waals surface area (Å²) in [5.74, 6) is 2.59. The van der Waals surface area contributed by atoms with Gasteiger partial charge < -0.3 is 4.52 Å². The normalized spacial score (nSPS) is 16.7. The van der Waals surface area contributed by atoms with E-state index in [4.69, 9.17) is 4.52 Å². The van der Waals surface area contributed by atoms with Crippen molar-refractivity contribution >= 4 is 0 Å². The molecule has 0 saturated heterocycles. The summed E-state index contributed by atoms with van der Waals surface area (Å²) in [7, 11) is 0. The summed E-state index contributed by atoms with van der Waals surface area (Å²) in [5, 5.41) is 10.4. The molecule has 2 heterocycles. The molecule has 17 heavy (non-hydrogen) atoms. The Kier molecular flexibility index (Phi) is 2.85. The van der Waals surface area contributed by atoms with E-state index in [9.17, 15) is 0 Å². The highest BCUT2D eigenvalue weighted by molar-refractivity contribution is 5.39. The van der Waals surface area contributed by atoms with Crippen molar-refractivity contribution in [3.63, 3.8) is 0 Å². The molecule has 6 heteroatoms. The van der Waals surface area contributed by atoms with Crippen LogP contribution in [0.1, 0.15) is 38.0 Å². The lowest BCUT2D eigenvalue weighted by Crippen LogP contribution is -1.96. The van der Waals surface area contributed by atoms with Crippen LogP contribution in [0.5, 0.6) is 0 Å². The zero-order chi connectivity index (χ0) is 11.5. The largest absolute Gasteiger partial charge is 0.339 e. The lowest BCUT2D eigenvalue weighted by atomic mass is 10.0. The van der Waals surface area contributed by atoms with E-state index >= 15 is 0 Å². The van der Waals surface area contributed by atoms with Crippen molar-refractivity contribution in [3.05, 3.63) is 12.2 Å². The molecule has 0 radical (unpaired) electrons. The topological polar surface area (TPSA) is 80.5 Å². The highest BCUT2D eigenvalue weighted by atomic mass is 16.5. The Morgan fingerprint density at radius 3 is 3.00 bits per heavy atom. The summed E-state index contributed by atoms with van der Waals surface area (Å²) in [6, 6.07) is 0. The first kappa shape index (κ1) is 10.4. The molecule has 0 spiro atoms. The number of aromatic nitrogens is 5. The summed E-state index contributed by atoms with van der Waals surface area (Å²) in [6.07, 6.45) is 8.90. The lowest BCUT2D eigenvalue weighted by Gasteiger charge is -2.04. The van der Waals surface area contributed by atoms with E-state index in [1.165, 1.54) is 32.0 Å². The van der Waals surface area contributed by atoms with Crippen molar-refractivity contribution in [3.8, 4) is 11.6 Å². The predicted molar refractivity (Wildman–Crippen MR) is 60.0 cm³/mol. The zero-order valence-corrected chi connectivity index (χ0v) is 9.59. The minimum atomic E-state index is 0.490. The van der Waals surface area contributed by atoms with Crippen molar-refractivity contribution in [1.82, 2.24) is 25.3 Å². The van der Waals surface area contributed by atoms with Gasteiger partial charge in [-0.15, -0.1) is 0 Å². The van der Waals surface area contributed by atoms with E-state index in [0.29, 0.717) is 17.5 Å². The van der Waals surface area contributed by atoms with Crippen LogP contribution >= 0.6 is 0 Å². The lowest BCUT2D eigenvalue weighted by molar-refractivity contribution is 0.362. The first-order valence-electron chi connectivity index (χ1n) is 6.10. The van der Waals surface area contributed by atoms with Crippen molar-refractivity contribution in [2.75, 3.05) is 0 Å². The molecular weight excluding hydrogens is 218 g/mol. The number of H-pyrrole nitrogens is 1. The smallest absolute Gasteiger partial charge is 0.239 e. The molecule has 1 aliphatic rings. The average Bonchev–Trinajstić information content (AvgIpc) is 3.09. The summed E-state index contributed by atoms with van der Waals surface area (Å²) in [4.78, 5) is 8.29. The van der Waals surface area contributed by atoms with Crippen molar-refractivity contribution in [2.24, 2.45) is 5.92 Å². The number of hydrogen-bond donors (Lipinski definition) is 1. The van der Waals surface area contributed by atoms with Crippen LogP contribution in [0.15, 0.2) is 10.9 Å². The number of aryl methyl sites for hydroxylation is 1. The van der Waals surface area contributed by atoms with Crippen molar-refractivity contribution in [2.45, 2.75) is 38.5 Å². The van der Waals surface area contributed by atoms with Crippen LogP contribution in [0.25, 0.3) is 11.6 Å². The molecule has 1 N–H and O–H groups in total. The van der Waals surface area contributed by atoms with Gasteiger partial charge in [-0.25, -0.2) is 4.98 Å². The van der Waals surface area contributed by atoms with Gasteiger partial charge >= 0.3 is 0 Å². The van der Waals surface area contributed by atoms with Gasteiger partial charge in [0.25, 0.3) is 0 Å². The third-order valence-electron chi connectivity index (χ3n) is 3.34. The first-order valence-corrected chi connectivity index (χ1v) is 6.10. The van der Waals surface area contributed by atoms with E-state index in [-0.39, 0.29) is 0 Å². The van der Waals surface area contributed by atoms with Crippen LogP contribution in [-0.2, 0) is 6.42 Å². The van der Waals surface area contributed by atoms with E-state index < -0.39 is 0 Å². The molecule has 0 aromatic carbocycles. The molecule has 6 nitrogen and oxygen atoms in total. The minimum Gasteiger partial charge on any atom is -0.339 e. The number of hydrogen-bond acceptors (Lipinski definition) is 5. The SMILES string of the molecule is c1n[nH]c(-c2noc(CCC3CCCC3)n2)n1. The van der Waals surface area contributed by atoms with Gasteiger partial charge in [-0.3, -0.25) is 5.10 Å². The number of nitrogens with one attached hydrogen (secondary N) is 1. The summed E-state index contributed by atoms with van der Waals surface area (Å²) >= 11 is 0. The maximum atomic E-state index is 5.20. The van der Waals surface area contributed by atoms with Gasteiger partial charge in [0, 0.05) is 6.42 Å². The Morgan fingerprint density at radius 1 is 1.35 bits per heavy atom. The Balaban J connectivity index is 1.60. The Hall–Kier alpha value is -1.72. The van der Waals surface area contributed by atoms with E-state index in [2.05, 4.69) is 25.3 Å². The summed E-state index contributed by atoms with van der Waals surface area (Å²) < 4.78 is 5.20. The molecule has 1 aliphatic carbocycles. The Morgan fingerprint density at radius 2 is 2.24 bits per heavy atom. The molecule has 0 amide bonds. The first-order chi connectivity index (χ1) is 8.42. The molecule has 1 saturated carbocycles. The van der Waals surface area contributed by atoms with Crippen LogP contribution in [0.3, 0.4) is 0 Å². The van der Waals surface area contributed by atoms with Crippen LogP contribution in [0, 0.1) is 5.92 Å². The second-order valence-corrected chi connectivity index (χ2v) is 4.53. The molecule has 2 aromatic rings.